The lowest BCUT2D eigenvalue weighted by atomic mass is 10.1. The lowest BCUT2D eigenvalue weighted by molar-refractivity contribution is 0.318. The Morgan fingerprint density at radius 2 is 1.89 bits per heavy atom. The molecule has 0 aromatic heterocycles. The van der Waals surface area contributed by atoms with Gasteiger partial charge in [0.1, 0.15) is 11.5 Å². The Hall–Kier alpha value is -2.01. The average Bonchev–Trinajstić information content (AvgIpc) is 2.42. The van der Waals surface area contributed by atoms with Crippen molar-refractivity contribution in [2.75, 3.05) is 0 Å². The Balaban J connectivity index is 2.37. The van der Waals surface area contributed by atoms with Crippen LogP contribution in [0.1, 0.15) is 11.1 Å². The molecule has 0 bridgehead atoms. The molecule has 0 amide bonds. The zero-order valence-corrected chi connectivity index (χ0v) is 11.9. The highest BCUT2D eigenvalue weighted by Crippen LogP contribution is 2.27. The van der Waals surface area contributed by atoms with Gasteiger partial charge in [0.2, 0.25) is 0 Å². The second-order valence-corrected chi connectivity index (χ2v) is 4.96. The minimum Gasteiger partial charge on any atom is -0.457 e. The third-order valence-electron chi connectivity index (χ3n) is 2.56. The Labute approximate surface area is 119 Å². The fourth-order valence-electron chi connectivity index (χ4n) is 1.62. The van der Waals surface area contributed by atoms with E-state index in [2.05, 4.69) is 21.1 Å². The highest BCUT2D eigenvalue weighted by Gasteiger charge is 2.09. The highest BCUT2D eigenvalue weighted by molar-refractivity contribution is 9.10. The van der Waals surface area contributed by atoms with Crippen molar-refractivity contribution in [3.63, 3.8) is 0 Å². The summed E-state index contributed by atoms with van der Waals surface area (Å²) in [6, 6.07) is 12.9. The van der Waals surface area contributed by atoms with E-state index in [9.17, 15) is 0 Å². The first kappa shape index (κ1) is 13.4. The van der Waals surface area contributed by atoms with E-state index in [1.807, 2.05) is 43.3 Å². The Bertz CT molecular complexity index is 609. The number of halogens is 1. The molecule has 0 spiro atoms. The Kier molecular flexibility index (Phi) is 4.06. The van der Waals surface area contributed by atoms with Gasteiger partial charge in [-0.1, -0.05) is 32.7 Å². The SMILES string of the molecule is Cc1ccc(Oc2ccc(Br)cc2)c(/C(N)=N/O)c1. The molecule has 98 valence electrons. The van der Waals surface area contributed by atoms with Gasteiger partial charge in [0.25, 0.3) is 0 Å². The molecule has 0 radical (unpaired) electrons. The second kappa shape index (κ2) is 5.75. The summed E-state index contributed by atoms with van der Waals surface area (Å²) in [6.07, 6.45) is 0. The first-order valence-corrected chi connectivity index (χ1v) is 6.41. The molecule has 2 aromatic carbocycles. The van der Waals surface area contributed by atoms with E-state index in [4.69, 9.17) is 15.7 Å². The molecule has 0 heterocycles. The smallest absolute Gasteiger partial charge is 0.173 e. The number of aryl methyl sites for hydroxylation is 1. The van der Waals surface area contributed by atoms with Gasteiger partial charge in [-0.2, -0.15) is 0 Å². The minimum atomic E-state index is 0.0239. The molecule has 4 nitrogen and oxygen atoms in total. The fraction of sp³-hybridized carbons (Fsp3) is 0.0714. The van der Waals surface area contributed by atoms with Gasteiger partial charge in [0.05, 0.1) is 5.56 Å². The van der Waals surface area contributed by atoms with Gasteiger partial charge in [0, 0.05) is 4.47 Å². The van der Waals surface area contributed by atoms with E-state index in [1.54, 1.807) is 6.07 Å². The molecule has 2 rings (SSSR count). The summed E-state index contributed by atoms with van der Waals surface area (Å²) in [7, 11) is 0. The third kappa shape index (κ3) is 3.26. The van der Waals surface area contributed by atoms with E-state index in [1.165, 1.54) is 0 Å². The molecule has 19 heavy (non-hydrogen) atoms. The normalized spacial score (nSPS) is 11.4. The van der Waals surface area contributed by atoms with Crippen LogP contribution in [-0.2, 0) is 0 Å². The van der Waals surface area contributed by atoms with Gasteiger partial charge in [-0.25, -0.2) is 0 Å². The predicted molar refractivity (Wildman–Crippen MR) is 77.9 cm³/mol. The number of nitrogens with two attached hydrogens (primary N) is 1. The zero-order valence-electron chi connectivity index (χ0n) is 10.3. The average molecular weight is 321 g/mol. The summed E-state index contributed by atoms with van der Waals surface area (Å²) in [6.45, 7) is 1.93. The van der Waals surface area contributed by atoms with Crippen LogP contribution in [0.2, 0.25) is 0 Å². The van der Waals surface area contributed by atoms with Crippen LogP contribution in [0.15, 0.2) is 52.1 Å². The van der Waals surface area contributed by atoms with E-state index in [0.717, 1.165) is 10.0 Å². The Morgan fingerprint density at radius 3 is 2.53 bits per heavy atom. The van der Waals surface area contributed by atoms with Crippen molar-refractivity contribution in [1.82, 2.24) is 0 Å². The number of hydrogen-bond acceptors (Lipinski definition) is 3. The molecule has 5 heteroatoms. The molecule has 0 atom stereocenters. The number of amidine groups is 1. The van der Waals surface area contributed by atoms with Crippen LogP contribution in [0.3, 0.4) is 0 Å². The molecule has 0 saturated heterocycles. The lowest BCUT2D eigenvalue weighted by Crippen LogP contribution is -2.14. The van der Waals surface area contributed by atoms with Crippen LogP contribution in [-0.4, -0.2) is 11.0 Å². The van der Waals surface area contributed by atoms with Gasteiger partial charge in [-0.05, 0) is 43.3 Å². The summed E-state index contributed by atoms with van der Waals surface area (Å²) < 4.78 is 6.72. The molecule has 0 aliphatic rings. The lowest BCUT2D eigenvalue weighted by Gasteiger charge is -2.11. The van der Waals surface area contributed by atoms with Gasteiger partial charge >= 0.3 is 0 Å². The molecule has 0 unspecified atom stereocenters. The van der Waals surface area contributed by atoms with Crippen LogP contribution in [0.5, 0.6) is 11.5 Å². The van der Waals surface area contributed by atoms with Gasteiger partial charge in [-0.15, -0.1) is 0 Å². The van der Waals surface area contributed by atoms with E-state index < -0.39 is 0 Å². The van der Waals surface area contributed by atoms with Crippen LogP contribution in [0.4, 0.5) is 0 Å². The predicted octanol–water partition coefficient (Wildman–Crippen LogP) is 3.64. The summed E-state index contributed by atoms with van der Waals surface area (Å²) >= 11 is 3.36. The molecule has 3 N–H and O–H groups in total. The van der Waals surface area contributed by atoms with Crippen molar-refractivity contribution in [1.29, 1.82) is 0 Å². The van der Waals surface area contributed by atoms with E-state index in [0.29, 0.717) is 17.1 Å². The van der Waals surface area contributed by atoms with Gasteiger partial charge in [0.15, 0.2) is 5.84 Å². The number of benzene rings is 2. The van der Waals surface area contributed by atoms with E-state index in [-0.39, 0.29) is 5.84 Å². The topological polar surface area (TPSA) is 67.8 Å². The van der Waals surface area contributed by atoms with Crippen molar-refractivity contribution in [2.24, 2.45) is 10.9 Å². The van der Waals surface area contributed by atoms with Crippen LogP contribution in [0, 0.1) is 6.92 Å². The first-order chi connectivity index (χ1) is 9.10. The van der Waals surface area contributed by atoms with Gasteiger partial charge < -0.3 is 15.7 Å². The monoisotopic (exact) mass is 320 g/mol. The summed E-state index contributed by atoms with van der Waals surface area (Å²) in [4.78, 5) is 0. The van der Waals surface area contributed by atoms with Crippen molar-refractivity contribution >= 4 is 21.8 Å². The van der Waals surface area contributed by atoms with Crippen molar-refractivity contribution < 1.29 is 9.94 Å². The first-order valence-electron chi connectivity index (χ1n) is 5.62. The molecule has 0 fully saturated rings. The zero-order chi connectivity index (χ0) is 13.8. The standard InChI is InChI=1S/C14H13BrN2O2/c1-9-2-7-13(12(8-9)14(16)17-18)19-11-5-3-10(15)4-6-11/h2-8,18H,1H3,(H2,16,17). The number of hydrogen-bond donors (Lipinski definition) is 2. The fourth-order valence-corrected chi connectivity index (χ4v) is 1.88. The molecule has 2 aromatic rings. The molecular formula is C14H13BrN2O2. The highest BCUT2D eigenvalue weighted by atomic mass is 79.9. The largest absolute Gasteiger partial charge is 0.457 e. The van der Waals surface area contributed by atoms with E-state index >= 15 is 0 Å². The Morgan fingerprint density at radius 1 is 1.21 bits per heavy atom. The minimum absolute atomic E-state index is 0.0239. The second-order valence-electron chi connectivity index (χ2n) is 4.04. The maximum Gasteiger partial charge on any atom is 0.173 e. The number of ether oxygens (including phenoxy) is 1. The summed E-state index contributed by atoms with van der Waals surface area (Å²) in [5.41, 5.74) is 7.22. The number of oxime groups is 1. The maximum atomic E-state index is 8.81. The van der Waals surface area contributed by atoms with Crippen LogP contribution >= 0.6 is 15.9 Å². The van der Waals surface area contributed by atoms with Crippen molar-refractivity contribution in [3.8, 4) is 11.5 Å². The maximum absolute atomic E-state index is 8.81. The number of nitrogens with zero attached hydrogens (tertiary/aromatic N) is 1. The van der Waals surface area contributed by atoms with Gasteiger partial charge in [-0.3, -0.25) is 0 Å². The van der Waals surface area contributed by atoms with Crippen molar-refractivity contribution in [2.45, 2.75) is 6.92 Å². The number of rotatable bonds is 3. The quantitative estimate of drug-likeness (QED) is 0.392. The molecular weight excluding hydrogens is 308 g/mol. The molecule has 0 aliphatic carbocycles. The summed E-state index contributed by atoms with van der Waals surface area (Å²) in [5, 5.41) is 11.8. The van der Waals surface area contributed by atoms with Crippen molar-refractivity contribution in [3.05, 3.63) is 58.1 Å². The summed E-state index contributed by atoms with van der Waals surface area (Å²) in [5.74, 6) is 1.25. The van der Waals surface area contributed by atoms with Crippen LogP contribution < -0.4 is 10.5 Å². The molecule has 0 saturated carbocycles. The molecule has 0 aliphatic heterocycles. The van der Waals surface area contributed by atoms with Crippen LogP contribution in [0.25, 0.3) is 0 Å². The third-order valence-corrected chi connectivity index (χ3v) is 3.09.